The smallest absolute Gasteiger partial charge is 0.330 e. The molecule has 1 aliphatic rings. The van der Waals surface area contributed by atoms with Crippen LogP contribution in [-0.2, 0) is 23.9 Å². The van der Waals surface area contributed by atoms with Crippen molar-refractivity contribution < 1.29 is 31.1 Å². The fourth-order valence-electron chi connectivity index (χ4n) is 3.99. The van der Waals surface area contributed by atoms with Crippen LogP contribution in [0.5, 0.6) is 0 Å². The Hall–Kier alpha value is -3.72. The number of aromatic nitrogens is 4. The number of nitrogens with zero attached hydrogens (tertiary/aromatic N) is 4. The number of carbonyl (C=O) groups is 1. The van der Waals surface area contributed by atoms with Crippen molar-refractivity contribution in [2.75, 3.05) is 11.9 Å². The lowest BCUT2D eigenvalue weighted by Crippen LogP contribution is -2.43. The van der Waals surface area contributed by atoms with E-state index >= 15 is 0 Å². The summed E-state index contributed by atoms with van der Waals surface area (Å²) in [5, 5.41) is 8.81. The summed E-state index contributed by atoms with van der Waals surface area (Å²) in [6.45, 7) is -0.470. The summed E-state index contributed by atoms with van der Waals surface area (Å²) >= 11 is 7.19. The van der Waals surface area contributed by atoms with E-state index in [1.165, 1.54) is 24.4 Å². The first-order valence-corrected chi connectivity index (χ1v) is 11.9. The van der Waals surface area contributed by atoms with Crippen molar-refractivity contribution in [3.8, 4) is 10.6 Å². The van der Waals surface area contributed by atoms with Crippen molar-refractivity contribution in [3.05, 3.63) is 62.7 Å². The van der Waals surface area contributed by atoms with Gasteiger partial charge in [-0.3, -0.25) is 9.59 Å². The Balaban J connectivity index is 1.49. The van der Waals surface area contributed by atoms with Gasteiger partial charge in [0.05, 0.1) is 37.6 Å². The van der Waals surface area contributed by atoms with Gasteiger partial charge >= 0.3 is 18.3 Å². The largest absolute Gasteiger partial charge is 0.471 e. The van der Waals surface area contributed by atoms with Crippen molar-refractivity contribution in [2.45, 2.75) is 25.3 Å². The van der Waals surface area contributed by atoms with Crippen LogP contribution in [0.4, 0.5) is 38.0 Å². The molecule has 16 heteroatoms. The van der Waals surface area contributed by atoms with E-state index in [1.807, 2.05) is 0 Å². The summed E-state index contributed by atoms with van der Waals surface area (Å²) in [4.78, 5) is 32.1. The molecule has 0 fully saturated rings. The Morgan fingerprint density at radius 3 is 2.55 bits per heavy atom. The van der Waals surface area contributed by atoms with E-state index in [1.54, 1.807) is 0 Å². The van der Waals surface area contributed by atoms with Gasteiger partial charge in [0.25, 0.3) is 5.56 Å². The average Bonchev–Trinajstić information content (AvgIpc) is 3.28. The number of halogens is 7. The van der Waals surface area contributed by atoms with E-state index in [-0.39, 0.29) is 46.4 Å². The third kappa shape index (κ3) is 4.90. The second kappa shape index (κ2) is 9.23. The van der Waals surface area contributed by atoms with E-state index in [0.29, 0.717) is 26.9 Å². The van der Waals surface area contributed by atoms with Crippen LogP contribution in [-0.4, -0.2) is 43.7 Å². The minimum Gasteiger partial charge on any atom is -0.330 e. The van der Waals surface area contributed by atoms with E-state index < -0.39 is 35.1 Å². The highest BCUT2D eigenvalue weighted by Gasteiger charge is 2.43. The van der Waals surface area contributed by atoms with Crippen LogP contribution < -0.4 is 10.9 Å². The quantitative estimate of drug-likeness (QED) is 0.322. The molecule has 1 amide bonds. The summed E-state index contributed by atoms with van der Waals surface area (Å²) in [5.74, 6) is -2.19. The normalized spacial score (nSPS) is 14.0. The molecule has 0 bridgehead atoms. The molecule has 1 aromatic carbocycles. The number of nitrogens with one attached hydrogen (secondary N) is 2. The molecule has 1 aliphatic heterocycles. The molecule has 4 aromatic rings. The van der Waals surface area contributed by atoms with E-state index in [4.69, 9.17) is 11.6 Å². The predicted molar refractivity (Wildman–Crippen MR) is 126 cm³/mol. The number of hydrogen-bond acceptors (Lipinski definition) is 7. The monoisotopic (exact) mass is 574 g/mol. The molecule has 0 aliphatic carbocycles. The maximum atomic E-state index is 13.7. The SMILES string of the molecule is O=C(N1CCc2cc(Nc3ncc(C(F)(F)F)c(-c4cc5c(=O)[nH]ncc5s4)n3)c(Cl)cc2C1)C(F)(F)F. The number of anilines is 2. The van der Waals surface area contributed by atoms with Gasteiger partial charge in [-0.2, -0.15) is 31.4 Å². The molecular formula is C22H13ClF6N6O2S. The molecule has 0 spiro atoms. The zero-order chi connectivity index (χ0) is 27.4. The zero-order valence-electron chi connectivity index (χ0n) is 18.7. The predicted octanol–water partition coefficient (Wildman–Crippen LogP) is 5.30. The van der Waals surface area contributed by atoms with Gasteiger partial charge in [0.15, 0.2) is 0 Å². The lowest BCUT2D eigenvalue weighted by atomic mass is 9.99. The van der Waals surface area contributed by atoms with Crippen LogP contribution in [0.15, 0.2) is 35.4 Å². The summed E-state index contributed by atoms with van der Waals surface area (Å²) < 4.78 is 80.0. The fraction of sp³-hybridized carbons (Fsp3) is 0.227. The second-order valence-electron chi connectivity index (χ2n) is 8.24. The van der Waals surface area contributed by atoms with Gasteiger partial charge in [0.2, 0.25) is 5.95 Å². The van der Waals surface area contributed by atoms with Crippen molar-refractivity contribution in [1.29, 1.82) is 0 Å². The maximum absolute atomic E-state index is 13.7. The number of benzene rings is 1. The van der Waals surface area contributed by atoms with E-state index in [9.17, 15) is 35.9 Å². The number of aromatic amines is 1. The Kier molecular flexibility index (Phi) is 6.30. The second-order valence-corrected chi connectivity index (χ2v) is 9.73. The minimum absolute atomic E-state index is 0.0366. The third-order valence-corrected chi connectivity index (χ3v) is 7.15. The lowest BCUT2D eigenvalue weighted by molar-refractivity contribution is -0.186. The minimum atomic E-state index is -5.00. The first-order chi connectivity index (χ1) is 17.8. The van der Waals surface area contributed by atoms with Crippen molar-refractivity contribution in [2.24, 2.45) is 0 Å². The molecule has 38 heavy (non-hydrogen) atoms. The summed E-state index contributed by atoms with van der Waals surface area (Å²) in [6.07, 6.45) is -7.78. The standard InChI is InChI=1S/C22H13ClF6N6O2S/c23-13-3-10-8-35(19(37)22(27,28)29)2-1-9(10)4-14(13)32-20-30-6-12(21(24,25)26)17(33-20)15-5-11-16(38-15)7-31-34-18(11)36/h3-7H,1-2,8H2,(H,34,36)(H,30,32,33). The molecule has 8 nitrogen and oxygen atoms in total. The summed E-state index contributed by atoms with van der Waals surface area (Å²) in [6, 6.07) is 4.19. The molecule has 0 saturated heterocycles. The number of amides is 1. The third-order valence-electron chi connectivity index (χ3n) is 5.76. The van der Waals surface area contributed by atoms with Gasteiger partial charge in [-0.25, -0.2) is 15.1 Å². The van der Waals surface area contributed by atoms with Gasteiger partial charge in [-0.15, -0.1) is 11.3 Å². The molecule has 0 saturated carbocycles. The van der Waals surface area contributed by atoms with Crippen LogP contribution >= 0.6 is 22.9 Å². The van der Waals surface area contributed by atoms with Crippen molar-refractivity contribution in [3.63, 3.8) is 0 Å². The Labute approximate surface area is 217 Å². The molecule has 5 rings (SSSR count). The summed E-state index contributed by atoms with van der Waals surface area (Å²) in [7, 11) is 0. The molecule has 3 aromatic heterocycles. The molecular weight excluding hydrogens is 562 g/mol. The first-order valence-electron chi connectivity index (χ1n) is 10.7. The number of H-pyrrole nitrogens is 1. The Morgan fingerprint density at radius 1 is 1.11 bits per heavy atom. The highest BCUT2D eigenvalue weighted by molar-refractivity contribution is 7.22. The van der Waals surface area contributed by atoms with E-state index in [0.717, 1.165) is 11.3 Å². The molecule has 198 valence electrons. The van der Waals surface area contributed by atoms with Crippen LogP contribution in [0.3, 0.4) is 0 Å². The van der Waals surface area contributed by atoms with Gasteiger partial charge in [-0.1, -0.05) is 11.6 Å². The number of hydrogen-bond donors (Lipinski definition) is 2. The van der Waals surface area contributed by atoms with Crippen LogP contribution in [0.2, 0.25) is 5.02 Å². The van der Waals surface area contributed by atoms with Crippen molar-refractivity contribution >= 4 is 50.6 Å². The van der Waals surface area contributed by atoms with Crippen LogP contribution in [0.25, 0.3) is 20.7 Å². The number of carbonyl (C=O) groups excluding carboxylic acids is 1. The first kappa shape index (κ1) is 25.9. The van der Waals surface area contributed by atoms with Gasteiger partial charge in [0.1, 0.15) is 5.56 Å². The van der Waals surface area contributed by atoms with E-state index in [2.05, 4.69) is 25.5 Å². The van der Waals surface area contributed by atoms with Gasteiger partial charge in [0, 0.05) is 19.3 Å². The number of thiophene rings is 1. The van der Waals surface area contributed by atoms with Gasteiger partial charge < -0.3 is 10.2 Å². The number of alkyl halides is 6. The molecule has 0 unspecified atom stereocenters. The fourth-order valence-corrected chi connectivity index (χ4v) is 5.26. The highest BCUT2D eigenvalue weighted by atomic mass is 35.5. The number of fused-ring (bicyclic) bond motifs is 2. The van der Waals surface area contributed by atoms with Crippen LogP contribution in [0, 0.1) is 0 Å². The van der Waals surface area contributed by atoms with Gasteiger partial charge in [-0.05, 0) is 35.7 Å². The molecule has 2 N–H and O–H groups in total. The van der Waals surface area contributed by atoms with Crippen LogP contribution in [0.1, 0.15) is 16.7 Å². The Morgan fingerprint density at radius 2 is 1.87 bits per heavy atom. The Bertz CT molecular complexity index is 1630. The topological polar surface area (TPSA) is 104 Å². The highest BCUT2D eigenvalue weighted by Crippen LogP contribution is 2.40. The summed E-state index contributed by atoms with van der Waals surface area (Å²) in [5.41, 5.74) is -0.934. The number of rotatable bonds is 3. The maximum Gasteiger partial charge on any atom is 0.471 e. The average molecular weight is 575 g/mol. The molecule has 0 radical (unpaired) electrons. The molecule has 4 heterocycles. The van der Waals surface area contributed by atoms with Crippen molar-refractivity contribution in [1.82, 2.24) is 25.1 Å². The molecule has 0 atom stereocenters. The zero-order valence-corrected chi connectivity index (χ0v) is 20.2. The lowest BCUT2D eigenvalue weighted by Gasteiger charge is -2.30.